The Bertz CT molecular complexity index is 667. The largest absolute Gasteiger partial charge is 0.203 e. The second kappa shape index (κ2) is 5.47. The molecule has 0 radical (unpaired) electrons. The molecule has 0 N–H and O–H groups in total. The lowest BCUT2D eigenvalue weighted by atomic mass is 9.93. The van der Waals surface area contributed by atoms with Gasteiger partial charge < -0.3 is 0 Å². The summed E-state index contributed by atoms with van der Waals surface area (Å²) in [5.74, 6) is -9.50. The van der Waals surface area contributed by atoms with Gasteiger partial charge in [0.05, 0.1) is 0 Å². The first-order chi connectivity index (χ1) is 9.73. The van der Waals surface area contributed by atoms with Crippen LogP contribution < -0.4 is 0 Å². The summed E-state index contributed by atoms with van der Waals surface area (Å²) in [6, 6.07) is 3.60. The summed E-state index contributed by atoms with van der Waals surface area (Å²) in [4.78, 5) is 0. The molecule has 0 nitrogen and oxygen atoms in total. The highest BCUT2D eigenvalue weighted by atomic mass is 19.2. The molecule has 2 aromatic carbocycles. The minimum Gasteiger partial charge on any atom is -0.203 e. The minimum atomic E-state index is -2.13. The van der Waals surface area contributed by atoms with Crippen LogP contribution in [0.4, 0.5) is 22.0 Å². The summed E-state index contributed by atoms with van der Waals surface area (Å²) in [5, 5.41) is 0. The Morgan fingerprint density at radius 3 is 1.43 bits per heavy atom. The van der Waals surface area contributed by atoms with Crippen molar-refractivity contribution >= 4 is 0 Å². The highest BCUT2D eigenvalue weighted by molar-refractivity contribution is 5.41. The molecule has 0 spiro atoms. The Kier molecular flexibility index (Phi) is 4.03. The molecule has 5 heteroatoms. The van der Waals surface area contributed by atoms with Crippen LogP contribution in [0.1, 0.15) is 27.8 Å². The molecule has 2 rings (SSSR count). The summed E-state index contributed by atoms with van der Waals surface area (Å²) >= 11 is 0. The molecule has 0 saturated carbocycles. The number of hydrogen-bond acceptors (Lipinski definition) is 0. The molecule has 2 aromatic rings. The minimum absolute atomic E-state index is 0.344. The van der Waals surface area contributed by atoms with E-state index < -0.39 is 34.6 Å². The van der Waals surface area contributed by atoms with E-state index in [0.717, 1.165) is 16.7 Å². The molecule has 0 aliphatic carbocycles. The third-order valence-corrected chi connectivity index (χ3v) is 3.49. The van der Waals surface area contributed by atoms with Gasteiger partial charge in [-0.1, -0.05) is 17.7 Å². The Labute approximate surface area is 119 Å². The Morgan fingerprint density at radius 2 is 1.00 bits per heavy atom. The molecule has 0 saturated heterocycles. The quantitative estimate of drug-likeness (QED) is 0.420. The second-order valence-electron chi connectivity index (χ2n) is 5.10. The van der Waals surface area contributed by atoms with E-state index in [-0.39, 0.29) is 6.42 Å². The topological polar surface area (TPSA) is 0 Å². The van der Waals surface area contributed by atoms with Gasteiger partial charge in [0.1, 0.15) is 0 Å². The predicted molar refractivity (Wildman–Crippen MR) is 69.7 cm³/mol. The molecule has 0 bridgehead atoms. The molecule has 0 aromatic heterocycles. The van der Waals surface area contributed by atoms with Crippen LogP contribution in [0.15, 0.2) is 12.1 Å². The first kappa shape index (κ1) is 15.5. The van der Waals surface area contributed by atoms with Crippen LogP contribution in [0.25, 0.3) is 0 Å². The van der Waals surface area contributed by atoms with Gasteiger partial charge in [-0.15, -0.1) is 0 Å². The molecule has 0 aliphatic rings. The number of aryl methyl sites for hydroxylation is 3. The fourth-order valence-electron chi connectivity index (χ4n) is 2.47. The maximum absolute atomic E-state index is 13.7. The van der Waals surface area contributed by atoms with Crippen LogP contribution in [0.2, 0.25) is 0 Å². The van der Waals surface area contributed by atoms with E-state index in [9.17, 15) is 22.0 Å². The maximum Gasteiger partial charge on any atom is 0.200 e. The van der Waals surface area contributed by atoms with Crippen LogP contribution in [0, 0.1) is 49.9 Å². The molecule has 0 atom stereocenters. The van der Waals surface area contributed by atoms with E-state index in [0.29, 0.717) is 5.56 Å². The Hall–Kier alpha value is -1.91. The van der Waals surface area contributed by atoms with Crippen molar-refractivity contribution in [2.24, 2.45) is 0 Å². The third-order valence-electron chi connectivity index (χ3n) is 3.49. The summed E-state index contributed by atoms with van der Waals surface area (Å²) in [5.41, 5.74) is 2.21. The summed E-state index contributed by atoms with van der Waals surface area (Å²) in [6.45, 7) is 5.34. The van der Waals surface area contributed by atoms with Crippen molar-refractivity contribution in [3.8, 4) is 0 Å². The number of rotatable bonds is 2. The SMILES string of the molecule is Cc1cc(C)c(Cc2c(F)c(F)c(F)c(F)c2F)c(C)c1. The van der Waals surface area contributed by atoms with Gasteiger partial charge >= 0.3 is 0 Å². The average Bonchev–Trinajstić information content (AvgIpc) is 2.41. The Morgan fingerprint density at radius 1 is 0.619 bits per heavy atom. The smallest absolute Gasteiger partial charge is 0.200 e. The Balaban J connectivity index is 2.61. The van der Waals surface area contributed by atoms with Crippen molar-refractivity contribution in [2.75, 3.05) is 0 Å². The van der Waals surface area contributed by atoms with Crippen LogP contribution >= 0.6 is 0 Å². The van der Waals surface area contributed by atoms with Crippen molar-refractivity contribution in [2.45, 2.75) is 27.2 Å². The van der Waals surface area contributed by atoms with E-state index in [4.69, 9.17) is 0 Å². The first-order valence-electron chi connectivity index (χ1n) is 6.31. The number of hydrogen-bond donors (Lipinski definition) is 0. The lowest BCUT2D eigenvalue weighted by molar-refractivity contribution is 0.371. The lowest BCUT2D eigenvalue weighted by Gasteiger charge is -2.13. The van der Waals surface area contributed by atoms with Crippen LogP contribution in [0.5, 0.6) is 0 Å². The van der Waals surface area contributed by atoms with Gasteiger partial charge in [0, 0.05) is 12.0 Å². The highest BCUT2D eigenvalue weighted by Crippen LogP contribution is 2.27. The van der Waals surface area contributed by atoms with Crippen molar-refractivity contribution in [1.82, 2.24) is 0 Å². The fraction of sp³-hybridized carbons (Fsp3) is 0.250. The molecule has 0 aliphatic heterocycles. The van der Waals surface area contributed by atoms with Crippen molar-refractivity contribution in [3.05, 3.63) is 69.0 Å². The van der Waals surface area contributed by atoms with Gasteiger partial charge in [0.2, 0.25) is 5.82 Å². The number of halogens is 5. The molecular weight excluding hydrogens is 287 g/mol. The van der Waals surface area contributed by atoms with Crippen LogP contribution in [0.3, 0.4) is 0 Å². The zero-order valence-corrected chi connectivity index (χ0v) is 11.8. The van der Waals surface area contributed by atoms with E-state index >= 15 is 0 Å². The standard InChI is InChI=1S/C16H13F5/c1-7-4-8(2)10(9(3)5-7)6-11-12(17)14(19)16(21)15(20)13(11)18/h4-5H,6H2,1-3H3. The summed E-state index contributed by atoms with van der Waals surface area (Å²) in [6.07, 6.45) is -0.344. The summed E-state index contributed by atoms with van der Waals surface area (Å²) < 4.78 is 66.9. The van der Waals surface area contributed by atoms with Crippen molar-refractivity contribution in [1.29, 1.82) is 0 Å². The summed E-state index contributed by atoms with van der Waals surface area (Å²) in [7, 11) is 0. The van der Waals surface area contributed by atoms with Gasteiger partial charge in [0.25, 0.3) is 0 Å². The lowest BCUT2D eigenvalue weighted by Crippen LogP contribution is -2.09. The molecule has 0 unspecified atom stereocenters. The molecule has 0 fully saturated rings. The molecular formula is C16H13F5. The second-order valence-corrected chi connectivity index (χ2v) is 5.10. The normalized spacial score (nSPS) is 11.0. The van der Waals surface area contributed by atoms with Gasteiger partial charge in [-0.3, -0.25) is 0 Å². The van der Waals surface area contributed by atoms with E-state index in [1.165, 1.54) is 0 Å². The van der Waals surface area contributed by atoms with Gasteiger partial charge in [-0.2, -0.15) is 0 Å². The van der Waals surface area contributed by atoms with Crippen molar-refractivity contribution < 1.29 is 22.0 Å². The molecule has 0 heterocycles. The van der Waals surface area contributed by atoms with Crippen LogP contribution in [-0.2, 0) is 6.42 Å². The highest BCUT2D eigenvalue weighted by Gasteiger charge is 2.26. The molecule has 112 valence electrons. The van der Waals surface area contributed by atoms with E-state index in [2.05, 4.69) is 0 Å². The van der Waals surface area contributed by atoms with E-state index in [1.807, 2.05) is 6.92 Å². The van der Waals surface area contributed by atoms with E-state index in [1.54, 1.807) is 26.0 Å². The zero-order valence-electron chi connectivity index (χ0n) is 11.8. The maximum atomic E-state index is 13.7. The zero-order chi connectivity index (χ0) is 15.9. The van der Waals surface area contributed by atoms with Crippen LogP contribution in [-0.4, -0.2) is 0 Å². The number of benzene rings is 2. The molecule has 21 heavy (non-hydrogen) atoms. The predicted octanol–water partition coefficient (Wildman–Crippen LogP) is 4.90. The third kappa shape index (κ3) is 2.64. The van der Waals surface area contributed by atoms with Crippen molar-refractivity contribution in [3.63, 3.8) is 0 Å². The van der Waals surface area contributed by atoms with Gasteiger partial charge in [0.15, 0.2) is 23.3 Å². The monoisotopic (exact) mass is 300 g/mol. The first-order valence-corrected chi connectivity index (χ1v) is 6.31. The fourth-order valence-corrected chi connectivity index (χ4v) is 2.47. The molecule has 0 amide bonds. The van der Waals surface area contributed by atoms with Gasteiger partial charge in [-0.25, -0.2) is 22.0 Å². The van der Waals surface area contributed by atoms with Gasteiger partial charge in [-0.05, 0) is 37.5 Å². The average molecular weight is 300 g/mol.